The Bertz CT molecular complexity index is 1130. The maximum absolute atomic E-state index is 13.5. The van der Waals surface area contributed by atoms with Gasteiger partial charge in [0.1, 0.15) is 6.04 Å². The van der Waals surface area contributed by atoms with Gasteiger partial charge in [0.15, 0.2) is 0 Å². The summed E-state index contributed by atoms with van der Waals surface area (Å²) in [6.07, 6.45) is 3.81. The van der Waals surface area contributed by atoms with Crippen LogP contribution in [0.3, 0.4) is 0 Å². The molecular formula is C29H43N3O4S. The van der Waals surface area contributed by atoms with Crippen LogP contribution in [0, 0.1) is 6.92 Å². The van der Waals surface area contributed by atoms with Crippen LogP contribution in [0.15, 0.2) is 48.5 Å². The van der Waals surface area contributed by atoms with Crippen molar-refractivity contribution in [1.29, 1.82) is 0 Å². The highest BCUT2D eigenvalue weighted by molar-refractivity contribution is 7.92. The average Bonchev–Trinajstić information content (AvgIpc) is 2.86. The summed E-state index contributed by atoms with van der Waals surface area (Å²) in [7, 11) is -3.52. The van der Waals surface area contributed by atoms with E-state index >= 15 is 0 Å². The molecule has 1 N–H and O–H groups in total. The molecule has 0 heterocycles. The number of anilines is 1. The Kier molecular flexibility index (Phi) is 11.6. The van der Waals surface area contributed by atoms with Gasteiger partial charge < -0.3 is 10.2 Å². The van der Waals surface area contributed by atoms with Crippen molar-refractivity contribution in [2.24, 2.45) is 0 Å². The van der Waals surface area contributed by atoms with Crippen LogP contribution in [0.1, 0.15) is 70.1 Å². The van der Waals surface area contributed by atoms with Crippen molar-refractivity contribution in [3.8, 4) is 0 Å². The highest BCUT2D eigenvalue weighted by atomic mass is 32.2. The number of hydrogen-bond acceptors (Lipinski definition) is 4. The summed E-state index contributed by atoms with van der Waals surface area (Å²) in [4.78, 5) is 28.3. The molecule has 2 unspecified atom stereocenters. The van der Waals surface area contributed by atoms with Gasteiger partial charge in [0, 0.05) is 25.6 Å². The molecule has 2 aromatic rings. The van der Waals surface area contributed by atoms with Gasteiger partial charge in [0.2, 0.25) is 21.8 Å². The Balaban J connectivity index is 2.23. The summed E-state index contributed by atoms with van der Waals surface area (Å²) >= 11 is 0. The Morgan fingerprint density at radius 3 is 2.16 bits per heavy atom. The molecule has 8 heteroatoms. The summed E-state index contributed by atoms with van der Waals surface area (Å²) in [5.41, 5.74) is 3.75. The van der Waals surface area contributed by atoms with Crippen molar-refractivity contribution in [2.75, 3.05) is 17.1 Å². The van der Waals surface area contributed by atoms with Gasteiger partial charge in [0.25, 0.3) is 0 Å². The first kappa shape index (κ1) is 30.4. The maximum Gasteiger partial charge on any atom is 0.243 e. The molecular weight excluding hydrogens is 486 g/mol. The predicted octanol–water partition coefficient (Wildman–Crippen LogP) is 4.83. The molecule has 0 spiro atoms. The number of rotatable bonds is 14. The van der Waals surface area contributed by atoms with Gasteiger partial charge in [-0.05, 0) is 68.4 Å². The van der Waals surface area contributed by atoms with Gasteiger partial charge in [-0.15, -0.1) is 0 Å². The average molecular weight is 530 g/mol. The van der Waals surface area contributed by atoms with Crippen LogP contribution in [0.2, 0.25) is 0 Å². The number of carbonyl (C=O) groups is 2. The fourth-order valence-electron chi connectivity index (χ4n) is 4.23. The summed E-state index contributed by atoms with van der Waals surface area (Å²) in [5.74, 6) is -0.322. The summed E-state index contributed by atoms with van der Waals surface area (Å²) in [6.45, 7) is 10.4. The van der Waals surface area contributed by atoms with E-state index in [9.17, 15) is 18.0 Å². The number of aryl methyl sites for hydroxylation is 2. The van der Waals surface area contributed by atoms with Crippen LogP contribution >= 0.6 is 0 Å². The zero-order valence-electron chi connectivity index (χ0n) is 23.2. The van der Waals surface area contributed by atoms with Gasteiger partial charge in [-0.1, -0.05) is 57.2 Å². The molecule has 7 nitrogen and oxygen atoms in total. The highest BCUT2D eigenvalue weighted by Gasteiger charge is 2.29. The Morgan fingerprint density at radius 2 is 1.62 bits per heavy atom. The molecule has 0 saturated heterocycles. The van der Waals surface area contributed by atoms with Gasteiger partial charge in [-0.25, -0.2) is 8.42 Å². The predicted molar refractivity (Wildman–Crippen MR) is 151 cm³/mol. The number of nitrogens with zero attached hydrogens (tertiary/aromatic N) is 2. The lowest BCUT2D eigenvalue weighted by molar-refractivity contribution is -0.141. The lowest BCUT2D eigenvalue weighted by Crippen LogP contribution is -2.50. The van der Waals surface area contributed by atoms with E-state index in [0.717, 1.165) is 29.5 Å². The minimum absolute atomic E-state index is 0.0133. The first-order valence-corrected chi connectivity index (χ1v) is 15.1. The minimum atomic E-state index is -3.52. The third-order valence-electron chi connectivity index (χ3n) is 6.77. The van der Waals surface area contributed by atoms with Crippen molar-refractivity contribution in [2.45, 2.75) is 85.4 Å². The molecule has 2 amide bonds. The van der Waals surface area contributed by atoms with E-state index in [2.05, 4.69) is 5.32 Å². The number of sulfonamides is 1. The molecule has 0 radical (unpaired) electrons. The number of nitrogens with one attached hydrogen (secondary N) is 1. The normalized spacial score (nSPS) is 13.0. The second-order valence-electron chi connectivity index (χ2n) is 9.65. The zero-order chi connectivity index (χ0) is 27.6. The van der Waals surface area contributed by atoms with Crippen molar-refractivity contribution >= 4 is 27.5 Å². The second-order valence-corrected chi connectivity index (χ2v) is 11.6. The minimum Gasteiger partial charge on any atom is -0.352 e. The van der Waals surface area contributed by atoms with Crippen molar-refractivity contribution in [1.82, 2.24) is 10.2 Å². The molecule has 2 aromatic carbocycles. The van der Waals surface area contributed by atoms with Crippen molar-refractivity contribution in [3.05, 3.63) is 65.2 Å². The number of benzene rings is 2. The van der Waals surface area contributed by atoms with Crippen LogP contribution in [-0.2, 0) is 32.6 Å². The molecule has 0 aliphatic heterocycles. The first-order valence-electron chi connectivity index (χ1n) is 13.2. The summed E-state index contributed by atoms with van der Waals surface area (Å²) < 4.78 is 26.4. The first-order chi connectivity index (χ1) is 17.5. The van der Waals surface area contributed by atoms with Gasteiger partial charge in [-0.2, -0.15) is 0 Å². The molecule has 2 rings (SSSR count). The van der Waals surface area contributed by atoms with E-state index in [1.54, 1.807) is 17.0 Å². The van der Waals surface area contributed by atoms with Crippen LogP contribution in [0.25, 0.3) is 0 Å². The monoisotopic (exact) mass is 529 g/mol. The lowest BCUT2D eigenvalue weighted by Gasteiger charge is -2.32. The summed E-state index contributed by atoms with van der Waals surface area (Å²) in [5, 5.41) is 3.02. The Labute approximate surface area is 223 Å². The second kappa shape index (κ2) is 14.2. The molecule has 2 atom stereocenters. The van der Waals surface area contributed by atoms with Crippen LogP contribution in [0.4, 0.5) is 5.69 Å². The molecule has 0 aliphatic rings. The van der Waals surface area contributed by atoms with E-state index in [4.69, 9.17) is 0 Å². The standard InChI is InChI=1S/C29H43N3O4S/c1-7-23(5)30-29(34)27(9-3)31(21-25-14-11-10-13-22(25)4)28(33)15-12-20-32(37(6,35)36)26-18-16-24(8-2)17-19-26/h10-11,13-14,16-19,23,27H,7-9,12,15,20-21H2,1-6H3,(H,30,34). The van der Waals surface area contributed by atoms with Crippen molar-refractivity contribution in [3.63, 3.8) is 0 Å². The van der Waals surface area contributed by atoms with Gasteiger partial charge in [0.05, 0.1) is 11.9 Å². The van der Waals surface area contributed by atoms with Crippen LogP contribution in [0.5, 0.6) is 0 Å². The molecule has 0 saturated carbocycles. The fraction of sp³-hybridized carbons (Fsp3) is 0.517. The Morgan fingerprint density at radius 1 is 0.973 bits per heavy atom. The molecule has 0 fully saturated rings. The largest absolute Gasteiger partial charge is 0.352 e. The fourth-order valence-corrected chi connectivity index (χ4v) is 5.20. The Hall–Kier alpha value is -2.87. The van der Waals surface area contributed by atoms with E-state index in [-0.39, 0.29) is 30.8 Å². The third-order valence-corrected chi connectivity index (χ3v) is 7.97. The molecule has 204 valence electrons. The highest BCUT2D eigenvalue weighted by Crippen LogP contribution is 2.21. The molecule has 0 aromatic heterocycles. The van der Waals surface area contributed by atoms with E-state index < -0.39 is 16.1 Å². The number of amides is 2. The molecule has 0 aliphatic carbocycles. The van der Waals surface area contributed by atoms with Gasteiger partial charge >= 0.3 is 0 Å². The number of hydrogen-bond donors (Lipinski definition) is 1. The van der Waals surface area contributed by atoms with E-state index in [1.165, 1.54) is 10.6 Å². The quantitative estimate of drug-likeness (QED) is 0.380. The lowest BCUT2D eigenvalue weighted by atomic mass is 10.0. The summed E-state index contributed by atoms with van der Waals surface area (Å²) in [6, 6.07) is 14.7. The SMILES string of the molecule is CCc1ccc(N(CCCC(=O)N(Cc2ccccc2C)C(CC)C(=O)NC(C)CC)S(C)(=O)=O)cc1. The molecule has 37 heavy (non-hydrogen) atoms. The smallest absolute Gasteiger partial charge is 0.243 e. The van der Waals surface area contributed by atoms with E-state index in [1.807, 2.05) is 71.0 Å². The molecule has 0 bridgehead atoms. The van der Waals surface area contributed by atoms with E-state index in [0.29, 0.717) is 25.1 Å². The van der Waals surface area contributed by atoms with Crippen molar-refractivity contribution < 1.29 is 18.0 Å². The van der Waals surface area contributed by atoms with Crippen LogP contribution < -0.4 is 9.62 Å². The third kappa shape index (κ3) is 8.88. The van der Waals surface area contributed by atoms with Gasteiger partial charge in [-0.3, -0.25) is 13.9 Å². The number of carbonyl (C=O) groups excluding carboxylic acids is 2. The zero-order valence-corrected chi connectivity index (χ0v) is 24.0. The topological polar surface area (TPSA) is 86.8 Å². The van der Waals surface area contributed by atoms with Crippen LogP contribution in [-0.4, -0.2) is 50.0 Å². The maximum atomic E-state index is 13.5.